The van der Waals surface area contributed by atoms with Crippen LogP contribution in [-0.4, -0.2) is 38.7 Å². The van der Waals surface area contributed by atoms with Crippen molar-refractivity contribution in [3.05, 3.63) is 54.6 Å². The highest BCUT2D eigenvalue weighted by Gasteiger charge is 2.10. The van der Waals surface area contributed by atoms with Gasteiger partial charge in [-0.15, -0.1) is 0 Å². The summed E-state index contributed by atoms with van der Waals surface area (Å²) in [4.78, 5) is 14.3. The molecule has 5 heteroatoms. The molecule has 0 atom stereocenters. The summed E-state index contributed by atoms with van der Waals surface area (Å²) in [6.07, 6.45) is 0.328. The number of piperazine rings is 1. The van der Waals surface area contributed by atoms with Gasteiger partial charge < -0.3 is 20.3 Å². The van der Waals surface area contributed by atoms with Gasteiger partial charge >= 0.3 is 0 Å². The molecule has 0 spiro atoms. The van der Waals surface area contributed by atoms with Gasteiger partial charge in [0.2, 0.25) is 5.91 Å². The summed E-state index contributed by atoms with van der Waals surface area (Å²) >= 11 is 0. The van der Waals surface area contributed by atoms with Crippen molar-refractivity contribution in [2.24, 2.45) is 0 Å². The minimum atomic E-state index is -0.0409. The molecule has 2 aromatic carbocycles. The van der Waals surface area contributed by atoms with E-state index in [1.54, 1.807) is 0 Å². The van der Waals surface area contributed by atoms with Crippen molar-refractivity contribution in [1.29, 1.82) is 0 Å². The van der Waals surface area contributed by atoms with Crippen molar-refractivity contribution in [2.75, 3.05) is 43.0 Å². The molecule has 2 N–H and O–H groups in total. The van der Waals surface area contributed by atoms with Crippen LogP contribution >= 0.6 is 0 Å². The molecule has 1 aliphatic rings. The van der Waals surface area contributed by atoms with Gasteiger partial charge in [0.25, 0.3) is 0 Å². The Labute approximate surface area is 142 Å². The van der Waals surface area contributed by atoms with Crippen LogP contribution in [0.2, 0.25) is 0 Å². The molecule has 1 heterocycles. The molecule has 1 saturated heterocycles. The molecule has 3 rings (SSSR count). The number of nitrogens with one attached hydrogen (secondary N) is 2. The molecule has 0 radical (unpaired) electrons. The van der Waals surface area contributed by atoms with Crippen LogP contribution in [0.4, 0.5) is 11.4 Å². The molecular formula is C19H23N3O2. The zero-order chi connectivity index (χ0) is 16.6. The highest BCUT2D eigenvalue weighted by molar-refractivity contribution is 5.90. The fourth-order valence-corrected chi connectivity index (χ4v) is 2.68. The lowest BCUT2D eigenvalue weighted by Crippen LogP contribution is -2.43. The summed E-state index contributed by atoms with van der Waals surface area (Å²) in [6, 6.07) is 17.5. The molecule has 5 nitrogen and oxygen atoms in total. The van der Waals surface area contributed by atoms with Crippen molar-refractivity contribution in [3.63, 3.8) is 0 Å². The summed E-state index contributed by atoms with van der Waals surface area (Å²) in [7, 11) is 0. The standard InChI is InChI=1S/C19H23N3O2/c23-19(10-15-24-18-4-2-1-3-5-18)21-16-6-8-17(9-7-16)22-13-11-20-12-14-22/h1-9,20H,10-15H2,(H,21,23). The molecule has 1 fully saturated rings. The zero-order valence-corrected chi connectivity index (χ0v) is 13.7. The third-order valence-electron chi connectivity index (χ3n) is 3.97. The molecule has 0 unspecified atom stereocenters. The Kier molecular flexibility index (Phi) is 5.69. The fourth-order valence-electron chi connectivity index (χ4n) is 2.68. The second kappa shape index (κ2) is 8.36. The lowest BCUT2D eigenvalue weighted by Gasteiger charge is -2.29. The number of amides is 1. The molecule has 0 aliphatic carbocycles. The average molecular weight is 325 g/mol. The van der Waals surface area contributed by atoms with Crippen LogP contribution in [0.15, 0.2) is 54.6 Å². The van der Waals surface area contributed by atoms with E-state index in [1.165, 1.54) is 5.69 Å². The Balaban J connectivity index is 1.44. The molecule has 0 aromatic heterocycles. The lowest BCUT2D eigenvalue weighted by molar-refractivity contribution is -0.116. The molecule has 0 saturated carbocycles. The zero-order valence-electron chi connectivity index (χ0n) is 13.7. The maximum absolute atomic E-state index is 12.0. The van der Waals surface area contributed by atoms with Gasteiger partial charge in [0.15, 0.2) is 0 Å². The van der Waals surface area contributed by atoms with E-state index in [2.05, 4.69) is 27.7 Å². The second-order valence-corrected chi connectivity index (χ2v) is 5.74. The Hall–Kier alpha value is -2.53. The van der Waals surface area contributed by atoms with Gasteiger partial charge in [0.05, 0.1) is 13.0 Å². The first-order valence-corrected chi connectivity index (χ1v) is 8.35. The van der Waals surface area contributed by atoms with Crippen molar-refractivity contribution >= 4 is 17.3 Å². The van der Waals surface area contributed by atoms with E-state index in [0.29, 0.717) is 13.0 Å². The smallest absolute Gasteiger partial charge is 0.227 e. The average Bonchev–Trinajstić information content (AvgIpc) is 2.64. The molecule has 1 aliphatic heterocycles. The van der Waals surface area contributed by atoms with Crippen LogP contribution in [0.1, 0.15) is 6.42 Å². The van der Waals surface area contributed by atoms with E-state index in [-0.39, 0.29) is 5.91 Å². The molecule has 126 valence electrons. The summed E-state index contributed by atoms with van der Waals surface area (Å²) < 4.78 is 5.54. The van der Waals surface area contributed by atoms with Crippen molar-refractivity contribution < 1.29 is 9.53 Å². The number of para-hydroxylation sites is 1. The number of carbonyl (C=O) groups excluding carboxylic acids is 1. The van der Waals surface area contributed by atoms with Crippen LogP contribution in [-0.2, 0) is 4.79 Å². The topological polar surface area (TPSA) is 53.6 Å². The summed E-state index contributed by atoms with van der Waals surface area (Å²) in [5, 5.41) is 6.25. The van der Waals surface area contributed by atoms with Gasteiger partial charge in [-0.3, -0.25) is 4.79 Å². The van der Waals surface area contributed by atoms with E-state index in [9.17, 15) is 4.79 Å². The van der Waals surface area contributed by atoms with Gasteiger partial charge in [0, 0.05) is 37.6 Å². The van der Waals surface area contributed by atoms with Gasteiger partial charge in [-0.25, -0.2) is 0 Å². The maximum atomic E-state index is 12.0. The molecule has 1 amide bonds. The minimum Gasteiger partial charge on any atom is -0.493 e. The molecule has 24 heavy (non-hydrogen) atoms. The normalized spacial score (nSPS) is 14.2. The van der Waals surface area contributed by atoms with Gasteiger partial charge in [-0.1, -0.05) is 18.2 Å². The Bertz CT molecular complexity index is 637. The van der Waals surface area contributed by atoms with E-state index in [1.807, 2.05) is 42.5 Å². The number of benzene rings is 2. The van der Waals surface area contributed by atoms with Crippen LogP contribution in [0.5, 0.6) is 5.75 Å². The second-order valence-electron chi connectivity index (χ2n) is 5.74. The minimum absolute atomic E-state index is 0.0409. The van der Waals surface area contributed by atoms with Crippen molar-refractivity contribution in [2.45, 2.75) is 6.42 Å². The van der Waals surface area contributed by atoms with Crippen LogP contribution < -0.4 is 20.3 Å². The van der Waals surface area contributed by atoms with E-state index >= 15 is 0 Å². The number of hydrogen-bond acceptors (Lipinski definition) is 4. The van der Waals surface area contributed by atoms with E-state index in [0.717, 1.165) is 37.6 Å². The first-order valence-electron chi connectivity index (χ1n) is 8.35. The summed E-state index contributed by atoms with van der Waals surface area (Å²) in [5.74, 6) is 0.742. The third kappa shape index (κ3) is 4.73. The SMILES string of the molecule is O=C(CCOc1ccccc1)Nc1ccc(N2CCNCC2)cc1. The van der Waals surface area contributed by atoms with Gasteiger partial charge in [0.1, 0.15) is 5.75 Å². The van der Waals surface area contributed by atoms with Gasteiger partial charge in [-0.2, -0.15) is 0 Å². The van der Waals surface area contributed by atoms with Crippen LogP contribution in [0.25, 0.3) is 0 Å². The first-order chi connectivity index (χ1) is 11.8. The van der Waals surface area contributed by atoms with E-state index < -0.39 is 0 Å². The highest BCUT2D eigenvalue weighted by atomic mass is 16.5. The third-order valence-corrected chi connectivity index (χ3v) is 3.97. The predicted octanol–water partition coefficient (Wildman–Crippen LogP) is 2.50. The monoisotopic (exact) mass is 325 g/mol. The quantitative estimate of drug-likeness (QED) is 0.857. The lowest BCUT2D eigenvalue weighted by atomic mass is 10.2. The number of rotatable bonds is 6. The van der Waals surface area contributed by atoms with Crippen molar-refractivity contribution in [1.82, 2.24) is 5.32 Å². The Morgan fingerprint density at radius 2 is 1.75 bits per heavy atom. The van der Waals surface area contributed by atoms with Crippen LogP contribution in [0.3, 0.4) is 0 Å². The van der Waals surface area contributed by atoms with Crippen molar-refractivity contribution in [3.8, 4) is 5.75 Å². The Morgan fingerprint density at radius 3 is 2.46 bits per heavy atom. The predicted molar refractivity (Wildman–Crippen MR) is 96.7 cm³/mol. The summed E-state index contributed by atoms with van der Waals surface area (Å²) in [6.45, 7) is 4.43. The number of anilines is 2. The van der Waals surface area contributed by atoms with Gasteiger partial charge in [-0.05, 0) is 36.4 Å². The fraction of sp³-hybridized carbons (Fsp3) is 0.316. The van der Waals surface area contributed by atoms with Crippen LogP contribution in [0, 0.1) is 0 Å². The number of ether oxygens (including phenoxy) is 1. The molecule has 2 aromatic rings. The molecule has 0 bridgehead atoms. The number of hydrogen-bond donors (Lipinski definition) is 2. The molecular weight excluding hydrogens is 302 g/mol. The number of carbonyl (C=O) groups is 1. The highest BCUT2D eigenvalue weighted by Crippen LogP contribution is 2.18. The summed E-state index contributed by atoms with van der Waals surface area (Å²) in [5.41, 5.74) is 2.01. The Morgan fingerprint density at radius 1 is 1.04 bits per heavy atom. The largest absolute Gasteiger partial charge is 0.493 e. The van der Waals surface area contributed by atoms with E-state index in [4.69, 9.17) is 4.74 Å². The number of nitrogens with zero attached hydrogens (tertiary/aromatic N) is 1. The first kappa shape index (κ1) is 16.3. The maximum Gasteiger partial charge on any atom is 0.227 e.